The number of aliphatic carboxylic acids is 2. The first-order chi connectivity index (χ1) is 19.1. The molecule has 0 amide bonds. The van der Waals surface area contributed by atoms with Crippen LogP contribution in [-0.4, -0.2) is 74.2 Å². The molecule has 2 rings (SSSR count). The second kappa shape index (κ2) is 16.8. The molecular formula is C26H38N4O10S. The Bertz CT molecular complexity index is 1250. The van der Waals surface area contributed by atoms with Crippen molar-refractivity contribution in [2.75, 3.05) is 26.0 Å². The standard InChI is InChI=1S/C20H24O8S.C6H14N4O2/c1-20(2,19(21)22)27-18-7-4-6-17(14-18)26-13-5-12-25-15-8-10-16(11-9-15)28-29(3,23)24;7-4(5(11)12)2-1-3-10-6(8)9/h4,6-11,14H,5,12-13H2,1-3H3,(H,21,22);4H,1-3,7H2,(H,11,12)(H4,8,9,10)/t;4-/m.0/s1. The lowest BCUT2D eigenvalue weighted by Crippen LogP contribution is -2.37. The second-order valence-corrected chi connectivity index (χ2v) is 10.7. The van der Waals surface area contributed by atoms with Crippen LogP contribution in [0.15, 0.2) is 53.5 Å². The Morgan fingerprint density at radius 3 is 2.02 bits per heavy atom. The molecule has 8 N–H and O–H groups in total. The van der Waals surface area contributed by atoms with E-state index in [1.165, 1.54) is 26.0 Å². The number of hydrogen-bond donors (Lipinski definition) is 5. The van der Waals surface area contributed by atoms with Crippen LogP contribution in [0.25, 0.3) is 0 Å². The fourth-order valence-corrected chi connectivity index (χ4v) is 3.27. The summed E-state index contributed by atoms with van der Waals surface area (Å²) in [6, 6.07) is 12.2. The van der Waals surface area contributed by atoms with Gasteiger partial charge in [-0.25, -0.2) is 4.79 Å². The summed E-state index contributed by atoms with van der Waals surface area (Å²) < 4.78 is 43.6. The van der Waals surface area contributed by atoms with Gasteiger partial charge in [-0.3, -0.25) is 9.79 Å². The lowest BCUT2D eigenvalue weighted by atomic mass is 10.1. The van der Waals surface area contributed by atoms with Gasteiger partial charge in [0.05, 0.1) is 19.5 Å². The minimum atomic E-state index is -3.55. The van der Waals surface area contributed by atoms with E-state index in [0.29, 0.717) is 56.3 Å². The monoisotopic (exact) mass is 598 g/mol. The largest absolute Gasteiger partial charge is 0.493 e. The van der Waals surface area contributed by atoms with E-state index in [1.807, 2.05) is 0 Å². The van der Waals surface area contributed by atoms with Crippen LogP contribution in [-0.2, 0) is 19.7 Å². The molecule has 0 bridgehead atoms. The van der Waals surface area contributed by atoms with Gasteiger partial charge in [-0.15, -0.1) is 0 Å². The minimum Gasteiger partial charge on any atom is -0.493 e. The van der Waals surface area contributed by atoms with Crippen molar-refractivity contribution in [1.82, 2.24) is 0 Å². The topological polar surface area (TPSA) is 236 Å². The van der Waals surface area contributed by atoms with Crippen molar-refractivity contribution in [2.45, 2.75) is 44.8 Å². The zero-order valence-corrected chi connectivity index (χ0v) is 24.0. The number of nitrogens with two attached hydrogens (primary N) is 3. The van der Waals surface area contributed by atoms with Gasteiger partial charge in [-0.05, 0) is 63.1 Å². The van der Waals surface area contributed by atoms with Crippen LogP contribution in [0, 0.1) is 0 Å². The summed E-state index contributed by atoms with van der Waals surface area (Å²) in [6.45, 7) is 4.15. The summed E-state index contributed by atoms with van der Waals surface area (Å²) in [7, 11) is -3.55. The van der Waals surface area contributed by atoms with Crippen molar-refractivity contribution in [2.24, 2.45) is 22.2 Å². The number of rotatable bonds is 16. The number of ether oxygens (including phenoxy) is 3. The van der Waals surface area contributed by atoms with Crippen LogP contribution >= 0.6 is 0 Å². The normalized spacial score (nSPS) is 11.7. The molecule has 0 fully saturated rings. The molecule has 0 aliphatic carbocycles. The molecule has 0 radical (unpaired) electrons. The third kappa shape index (κ3) is 15.8. The SMILES string of the molecule is CC(C)(Oc1cccc(OCCCOc2ccc(OS(C)(=O)=O)cc2)c1)C(=O)O.NC(N)=NCCC[C@H](N)C(=O)O. The molecule has 2 aromatic carbocycles. The Balaban J connectivity index is 0.000000590. The number of carboxylic acid groups (broad SMARTS) is 2. The molecular weight excluding hydrogens is 560 g/mol. The van der Waals surface area contributed by atoms with E-state index in [4.69, 9.17) is 45.8 Å². The first-order valence-corrected chi connectivity index (χ1v) is 14.2. The maximum absolute atomic E-state index is 11.1. The molecule has 0 unspecified atom stereocenters. The Hall–Kier alpha value is -4.24. The molecule has 0 saturated carbocycles. The van der Waals surface area contributed by atoms with E-state index >= 15 is 0 Å². The molecule has 228 valence electrons. The van der Waals surface area contributed by atoms with Crippen molar-refractivity contribution in [3.8, 4) is 23.0 Å². The van der Waals surface area contributed by atoms with E-state index < -0.39 is 33.7 Å². The van der Waals surface area contributed by atoms with Crippen molar-refractivity contribution in [3.05, 3.63) is 48.5 Å². The van der Waals surface area contributed by atoms with E-state index in [9.17, 15) is 18.0 Å². The van der Waals surface area contributed by atoms with Crippen LogP contribution in [0.4, 0.5) is 0 Å². The number of guanidine groups is 1. The zero-order valence-electron chi connectivity index (χ0n) is 23.2. The number of benzene rings is 2. The number of aliphatic imine (C=N–C) groups is 1. The summed E-state index contributed by atoms with van der Waals surface area (Å²) in [4.78, 5) is 25.0. The molecule has 0 aromatic heterocycles. The van der Waals surface area contributed by atoms with E-state index in [0.717, 1.165) is 6.26 Å². The zero-order chi connectivity index (χ0) is 31.1. The highest BCUT2D eigenvalue weighted by Gasteiger charge is 2.29. The van der Waals surface area contributed by atoms with Gasteiger partial charge in [0.15, 0.2) is 11.6 Å². The highest BCUT2D eigenvalue weighted by atomic mass is 32.2. The summed E-state index contributed by atoms with van der Waals surface area (Å²) in [5.41, 5.74) is 14.0. The number of hydrogen-bond acceptors (Lipinski definition) is 10. The number of nitrogens with zero attached hydrogens (tertiary/aromatic N) is 1. The highest BCUT2D eigenvalue weighted by Crippen LogP contribution is 2.24. The first-order valence-electron chi connectivity index (χ1n) is 12.4. The van der Waals surface area contributed by atoms with Crippen molar-refractivity contribution in [3.63, 3.8) is 0 Å². The number of carboxylic acids is 2. The van der Waals surface area contributed by atoms with E-state index in [2.05, 4.69) is 4.99 Å². The molecule has 0 aliphatic heterocycles. The smallest absolute Gasteiger partial charge is 0.347 e. The third-order valence-corrected chi connectivity index (χ3v) is 5.37. The van der Waals surface area contributed by atoms with Crippen LogP contribution in [0.3, 0.4) is 0 Å². The third-order valence-electron chi connectivity index (χ3n) is 4.88. The molecule has 0 saturated heterocycles. The quantitative estimate of drug-likeness (QED) is 0.0799. The predicted octanol–water partition coefficient (Wildman–Crippen LogP) is 1.57. The highest BCUT2D eigenvalue weighted by molar-refractivity contribution is 7.86. The Morgan fingerprint density at radius 1 is 0.927 bits per heavy atom. The van der Waals surface area contributed by atoms with Gasteiger partial charge in [-0.2, -0.15) is 8.42 Å². The molecule has 41 heavy (non-hydrogen) atoms. The molecule has 0 aliphatic rings. The average molecular weight is 599 g/mol. The molecule has 1 atom stereocenters. The Labute approximate surface area is 239 Å². The van der Waals surface area contributed by atoms with Crippen LogP contribution in [0.5, 0.6) is 23.0 Å². The Morgan fingerprint density at radius 2 is 1.49 bits per heavy atom. The molecule has 0 heterocycles. The van der Waals surface area contributed by atoms with E-state index in [1.54, 1.807) is 36.4 Å². The fourth-order valence-electron chi connectivity index (χ4n) is 2.81. The lowest BCUT2D eigenvalue weighted by molar-refractivity contribution is -0.152. The Kier molecular flexibility index (Phi) is 14.2. The summed E-state index contributed by atoms with van der Waals surface area (Å²) >= 11 is 0. The predicted molar refractivity (Wildman–Crippen MR) is 152 cm³/mol. The van der Waals surface area contributed by atoms with Crippen LogP contribution < -0.4 is 35.6 Å². The van der Waals surface area contributed by atoms with Gasteiger partial charge in [-0.1, -0.05) is 6.07 Å². The summed E-state index contributed by atoms with van der Waals surface area (Å²) in [5, 5.41) is 17.5. The van der Waals surface area contributed by atoms with Crippen molar-refractivity contribution in [1.29, 1.82) is 0 Å². The van der Waals surface area contributed by atoms with Gasteiger partial charge in [0.25, 0.3) is 0 Å². The molecule has 14 nitrogen and oxygen atoms in total. The maximum Gasteiger partial charge on any atom is 0.347 e. The number of carbonyl (C=O) groups is 2. The summed E-state index contributed by atoms with van der Waals surface area (Å²) in [5.74, 6) is -0.280. The second-order valence-electron chi connectivity index (χ2n) is 9.10. The van der Waals surface area contributed by atoms with Gasteiger partial charge in [0.1, 0.15) is 29.0 Å². The molecule has 0 spiro atoms. The van der Waals surface area contributed by atoms with Gasteiger partial charge < -0.3 is 45.8 Å². The van der Waals surface area contributed by atoms with Gasteiger partial charge in [0.2, 0.25) is 0 Å². The fraction of sp³-hybridized carbons (Fsp3) is 0.423. The van der Waals surface area contributed by atoms with Gasteiger partial charge >= 0.3 is 22.1 Å². The van der Waals surface area contributed by atoms with Crippen molar-refractivity contribution < 1.29 is 46.6 Å². The van der Waals surface area contributed by atoms with Crippen LogP contribution in [0.2, 0.25) is 0 Å². The summed E-state index contributed by atoms with van der Waals surface area (Å²) in [6.07, 6.45) is 2.54. The maximum atomic E-state index is 11.1. The minimum absolute atomic E-state index is 0.0129. The average Bonchev–Trinajstić information content (AvgIpc) is 2.86. The lowest BCUT2D eigenvalue weighted by Gasteiger charge is -2.21. The van der Waals surface area contributed by atoms with Gasteiger partial charge in [0, 0.05) is 19.0 Å². The first kappa shape index (κ1) is 34.8. The van der Waals surface area contributed by atoms with E-state index in [-0.39, 0.29) is 11.7 Å². The van der Waals surface area contributed by atoms with Crippen molar-refractivity contribution >= 4 is 28.0 Å². The molecule has 15 heteroatoms. The van der Waals surface area contributed by atoms with Crippen LogP contribution in [0.1, 0.15) is 33.1 Å². The molecule has 2 aromatic rings.